The van der Waals surface area contributed by atoms with Gasteiger partial charge in [-0.15, -0.1) is 0 Å². The second-order valence-corrected chi connectivity index (χ2v) is 5.90. The number of nitrogens with zero attached hydrogens (tertiary/aromatic N) is 1. The molecule has 0 aromatic heterocycles. The van der Waals surface area contributed by atoms with Crippen molar-refractivity contribution in [1.82, 2.24) is 10.7 Å². The van der Waals surface area contributed by atoms with Gasteiger partial charge in [0, 0.05) is 12.6 Å². The average Bonchev–Trinajstić information content (AvgIpc) is 2.72. The van der Waals surface area contributed by atoms with E-state index in [1.165, 1.54) is 25.4 Å². The lowest BCUT2D eigenvalue weighted by Gasteiger charge is -2.12. The predicted octanol–water partition coefficient (Wildman–Crippen LogP) is 2.75. The van der Waals surface area contributed by atoms with Crippen LogP contribution in [0.15, 0.2) is 65.8 Å². The Morgan fingerprint density at radius 1 is 1.07 bits per heavy atom. The molecule has 0 bridgehead atoms. The van der Waals surface area contributed by atoms with Gasteiger partial charge in [0.1, 0.15) is 18.2 Å². The highest BCUT2D eigenvalue weighted by atomic mass is 19.1. The van der Waals surface area contributed by atoms with Crippen LogP contribution in [0.25, 0.3) is 10.8 Å². The molecule has 3 aromatic carbocycles. The molecule has 0 spiro atoms. The van der Waals surface area contributed by atoms with Crippen molar-refractivity contribution < 1.29 is 18.7 Å². The Morgan fingerprint density at radius 3 is 2.68 bits per heavy atom. The number of carbonyl (C=O) groups is 2. The maximum atomic E-state index is 13.4. The summed E-state index contributed by atoms with van der Waals surface area (Å²) >= 11 is 0. The molecule has 0 radical (unpaired) electrons. The van der Waals surface area contributed by atoms with E-state index in [1.807, 2.05) is 30.3 Å². The van der Waals surface area contributed by atoms with Gasteiger partial charge in [-0.1, -0.05) is 42.5 Å². The van der Waals surface area contributed by atoms with Gasteiger partial charge in [0.15, 0.2) is 0 Å². The Labute approximate surface area is 161 Å². The Balaban J connectivity index is 1.88. The molecule has 0 heterocycles. The molecular weight excluding hydrogens is 361 g/mol. The van der Waals surface area contributed by atoms with Crippen molar-refractivity contribution in [3.63, 3.8) is 0 Å². The van der Waals surface area contributed by atoms with Crippen molar-refractivity contribution in [3.05, 3.63) is 77.6 Å². The fourth-order valence-corrected chi connectivity index (χ4v) is 2.64. The number of amides is 2. The van der Waals surface area contributed by atoms with Crippen molar-refractivity contribution in [2.75, 3.05) is 7.05 Å². The lowest BCUT2D eigenvalue weighted by molar-refractivity contribution is -0.138. The number of carbonyl (C=O) groups excluding carboxylic acids is 2. The molecule has 2 N–H and O–H groups in total. The van der Waals surface area contributed by atoms with E-state index in [-0.39, 0.29) is 12.4 Å². The number of hydrogen-bond donors (Lipinski definition) is 2. The zero-order valence-corrected chi connectivity index (χ0v) is 15.1. The van der Waals surface area contributed by atoms with Crippen LogP contribution in [0.2, 0.25) is 0 Å². The summed E-state index contributed by atoms with van der Waals surface area (Å²) in [4.78, 5) is 22.8. The van der Waals surface area contributed by atoms with E-state index in [0.717, 1.165) is 10.8 Å². The van der Waals surface area contributed by atoms with E-state index in [2.05, 4.69) is 15.8 Å². The van der Waals surface area contributed by atoms with Crippen LogP contribution in [0.1, 0.15) is 11.1 Å². The SMILES string of the molecule is CNC(=O)C(=O)N/N=C\c1c(OCc2cccc(F)c2)ccc2ccccc12. The van der Waals surface area contributed by atoms with Gasteiger partial charge in [-0.25, -0.2) is 9.82 Å². The highest BCUT2D eigenvalue weighted by Gasteiger charge is 2.11. The van der Waals surface area contributed by atoms with Crippen LogP contribution in [-0.2, 0) is 16.2 Å². The Morgan fingerprint density at radius 2 is 1.89 bits per heavy atom. The molecule has 0 unspecified atom stereocenters. The average molecular weight is 379 g/mol. The molecule has 0 aliphatic heterocycles. The quantitative estimate of drug-likeness (QED) is 0.406. The highest BCUT2D eigenvalue weighted by Crippen LogP contribution is 2.27. The Kier molecular flexibility index (Phi) is 5.96. The third-order valence-electron chi connectivity index (χ3n) is 4.01. The molecular formula is C21H18FN3O3. The summed E-state index contributed by atoms with van der Waals surface area (Å²) in [6.07, 6.45) is 1.42. The van der Waals surface area contributed by atoms with Crippen LogP contribution >= 0.6 is 0 Å². The van der Waals surface area contributed by atoms with Gasteiger partial charge in [0.2, 0.25) is 0 Å². The van der Waals surface area contributed by atoms with Gasteiger partial charge < -0.3 is 10.1 Å². The van der Waals surface area contributed by atoms with Crippen molar-refractivity contribution in [2.24, 2.45) is 5.10 Å². The minimum atomic E-state index is -0.874. The maximum absolute atomic E-state index is 13.4. The summed E-state index contributed by atoms with van der Waals surface area (Å²) in [7, 11) is 1.36. The maximum Gasteiger partial charge on any atom is 0.329 e. The number of fused-ring (bicyclic) bond motifs is 1. The summed E-state index contributed by atoms with van der Waals surface area (Å²) in [6, 6.07) is 17.4. The van der Waals surface area contributed by atoms with Gasteiger partial charge in [0.25, 0.3) is 0 Å². The van der Waals surface area contributed by atoms with Crippen LogP contribution in [0.3, 0.4) is 0 Å². The summed E-state index contributed by atoms with van der Waals surface area (Å²) in [5.74, 6) is -1.49. The topological polar surface area (TPSA) is 79.8 Å². The number of benzene rings is 3. The molecule has 3 aromatic rings. The van der Waals surface area contributed by atoms with E-state index in [1.54, 1.807) is 18.2 Å². The molecule has 3 rings (SSSR count). The number of ether oxygens (including phenoxy) is 1. The molecule has 0 aliphatic carbocycles. The third kappa shape index (κ3) is 4.50. The summed E-state index contributed by atoms with van der Waals surface area (Å²) in [5.41, 5.74) is 3.48. The van der Waals surface area contributed by atoms with E-state index in [0.29, 0.717) is 16.9 Å². The molecule has 0 fully saturated rings. The van der Waals surface area contributed by atoms with Crippen LogP contribution < -0.4 is 15.5 Å². The molecule has 0 saturated carbocycles. The number of hydrogen-bond acceptors (Lipinski definition) is 4. The number of nitrogens with one attached hydrogen (secondary N) is 2. The first-order chi connectivity index (χ1) is 13.6. The first kappa shape index (κ1) is 19.0. The smallest absolute Gasteiger partial charge is 0.329 e. The summed E-state index contributed by atoms with van der Waals surface area (Å²) in [5, 5.41) is 7.90. The van der Waals surface area contributed by atoms with E-state index >= 15 is 0 Å². The number of halogens is 1. The molecule has 0 saturated heterocycles. The predicted molar refractivity (Wildman–Crippen MR) is 104 cm³/mol. The summed E-state index contributed by atoms with van der Waals surface area (Å²) in [6.45, 7) is 0.168. The van der Waals surface area contributed by atoms with Crippen molar-refractivity contribution in [3.8, 4) is 5.75 Å². The highest BCUT2D eigenvalue weighted by molar-refractivity contribution is 6.35. The van der Waals surface area contributed by atoms with Crippen LogP contribution in [0.5, 0.6) is 5.75 Å². The van der Waals surface area contributed by atoms with E-state index in [4.69, 9.17) is 4.74 Å². The minimum Gasteiger partial charge on any atom is -0.488 e. The van der Waals surface area contributed by atoms with Gasteiger partial charge >= 0.3 is 11.8 Å². The second kappa shape index (κ2) is 8.77. The summed E-state index contributed by atoms with van der Waals surface area (Å²) < 4.78 is 19.2. The van der Waals surface area contributed by atoms with Crippen LogP contribution in [0.4, 0.5) is 4.39 Å². The minimum absolute atomic E-state index is 0.168. The van der Waals surface area contributed by atoms with Gasteiger partial charge in [-0.05, 0) is 34.5 Å². The van der Waals surface area contributed by atoms with Gasteiger partial charge in [0.05, 0.1) is 6.21 Å². The standard InChI is InChI=1S/C21H18FN3O3/c1-23-20(26)21(27)25-24-12-18-17-8-3-2-6-15(17)9-10-19(18)28-13-14-5-4-7-16(22)11-14/h2-12H,13H2,1H3,(H,23,26)(H,25,27)/b24-12-. The molecule has 2 amide bonds. The molecule has 142 valence electrons. The zero-order chi connectivity index (χ0) is 19.9. The molecule has 0 atom stereocenters. The number of rotatable bonds is 5. The van der Waals surface area contributed by atoms with E-state index in [9.17, 15) is 14.0 Å². The first-order valence-corrected chi connectivity index (χ1v) is 8.52. The molecule has 6 nitrogen and oxygen atoms in total. The van der Waals surface area contributed by atoms with E-state index < -0.39 is 11.8 Å². The van der Waals surface area contributed by atoms with Crippen molar-refractivity contribution in [2.45, 2.75) is 6.61 Å². The molecule has 28 heavy (non-hydrogen) atoms. The molecule has 7 heteroatoms. The second-order valence-electron chi connectivity index (χ2n) is 5.90. The number of hydrazone groups is 1. The lowest BCUT2D eigenvalue weighted by Crippen LogP contribution is -2.35. The lowest BCUT2D eigenvalue weighted by atomic mass is 10.0. The fraction of sp³-hybridized carbons (Fsp3) is 0.0952. The van der Waals surface area contributed by atoms with Crippen molar-refractivity contribution in [1.29, 1.82) is 0 Å². The van der Waals surface area contributed by atoms with Gasteiger partial charge in [-0.2, -0.15) is 5.10 Å². The third-order valence-corrected chi connectivity index (χ3v) is 4.01. The Bertz CT molecular complexity index is 1050. The van der Waals surface area contributed by atoms with Gasteiger partial charge in [-0.3, -0.25) is 9.59 Å². The van der Waals surface area contributed by atoms with Crippen LogP contribution in [-0.4, -0.2) is 25.1 Å². The largest absolute Gasteiger partial charge is 0.488 e. The normalized spacial score (nSPS) is 10.8. The monoisotopic (exact) mass is 379 g/mol. The fourth-order valence-electron chi connectivity index (χ4n) is 2.64. The van der Waals surface area contributed by atoms with Crippen LogP contribution in [0, 0.1) is 5.82 Å². The van der Waals surface area contributed by atoms with Crippen molar-refractivity contribution >= 4 is 28.8 Å². The zero-order valence-electron chi connectivity index (χ0n) is 15.1. The first-order valence-electron chi connectivity index (χ1n) is 8.52. The Hall–Kier alpha value is -3.74. The number of likely N-dealkylation sites (N-methyl/N-ethyl adjacent to an activating group) is 1. The molecule has 0 aliphatic rings.